The van der Waals surface area contributed by atoms with Crippen LogP contribution in [0.2, 0.25) is 0 Å². The lowest BCUT2D eigenvalue weighted by molar-refractivity contribution is 0.413. The molecule has 0 aliphatic heterocycles. The molecule has 0 unspecified atom stereocenters. The number of methoxy groups -OCH3 is 2. The van der Waals surface area contributed by atoms with Crippen LogP contribution >= 0.6 is 45.1 Å². The second-order valence-corrected chi connectivity index (χ2v) is 11.1. The fourth-order valence-corrected chi connectivity index (χ4v) is 7.57. The summed E-state index contributed by atoms with van der Waals surface area (Å²) in [5, 5.41) is 0. The van der Waals surface area contributed by atoms with E-state index < -0.39 is 0 Å². The van der Waals surface area contributed by atoms with Gasteiger partial charge in [0.15, 0.2) is 0 Å². The van der Waals surface area contributed by atoms with Crippen molar-refractivity contribution in [2.45, 2.75) is 29.4 Å². The third kappa shape index (κ3) is 6.23. The molecule has 0 atom stereocenters. The summed E-state index contributed by atoms with van der Waals surface area (Å²) in [5.74, 6) is 1.73. The quantitative estimate of drug-likeness (QED) is 0.215. The Kier molecular flexibility index (Phi) is 8.40. The van der Waals surface area contributed by atoms with E-state index in [0.717, 1.165) is 11.5 Å². The predicted octanol–water partition coefficient (Wildman–Crippen LogP) is 8.81. The van der Waals surface area contributed by atoms with Gasteiger partial charge in [-0.15, -0.1) is 0 Å². The summed E-state index contributed by atoms with van der Waals surface area (Å²) in [6.07, 6.45) is 0. The fourth-order valence-electron chi connectivity index (χ4n) is 2.85. The Morgan fingerprint density at radius 3 is 1.25 bits per heavy atom. The molecule has 6 heteroatoms. The summed E-state index contributed by atoms with van der Waals surface area (Å²) in [6, 6.07) is 33.4. The van der Waals surface area contributed by atoms with Crippen molar-refractivity contribution in [1.29, 1.82) is 0 Å². The zero-order valence-corrected chi connectivity index (χ0v) is 21.0. The predicted molar refractivity (Wildman–Crippen MR) is 139 cm³/mol. The normalized spacial score (nSPS) is 10.7. The van der Waals surface area contributed by atoms with Gasteiger partial charge in [-0.25, -0.2) is 0 Å². The van der Waals surface area contributed by atoms with Crippen molar-refractivity contribution in [3.63, 3.8) is 0 Å². The highest BCUT2D eigenvalue weighted by molar-refractivity contribution is 8.76. The fraction of sp³-hybridized carbons (Fsp3) is 0.0769. The second-order valence-electron chi connectivity index (χ2n) is 6.62. The largest absolute Gasteiger partial charge is 0.497 e. The molecule has 32 heavy (non-hydrogen) atoms. The average molecular weight is 495 g/mol. The lowest BCUT2D eigenvalue weighted by Crippen LogP contribution is -1.86. The summed E-state index contributed by atoms with van der Waals surface area (Å²) < 4.78 is 10.9. The Labute approximate surface area is 205 Å². The first kappa shape index (κ1) is 23.1. The molecule has 0 fully saturated rings. The van der Waals surface area contributed by atoms with Crippen LogP contribution in [0.25, 0.3) is 0 Å². The zero-order chi connectivity index (χ0) is 22.2. The molecular weight excluding hydrogens is 473 g/mol. The highest BCUT2D eigenvalue weighted by Gasteiger charge is 2.12. The number of hydrogen-bond acceptors (Lipinski definition) is 6. The average Bonchev–Trinajstić information content (AvgIpc) is 2.85. The van der Waals surface area contributed by atoms with Gasteiger partial charge in [0.2, 0.25) is 0 Å². The first-order valence-corrected chi connectivity index (χ1v) is 13.7. The maximum Gasteiger partial charge on any atom is 0.120 e. The molecule has 0 N–H and O–H groups in total. The van der Waals surface area contributed by atoms with Crippen LogP contribution in [0, 0.1) is 0 Å². The van der Waals surface area contributed by atoms with Crippen LogP contribution < -0.4 is 9.47 Å². The van der Waals surface area contributed by atoms with Crippen LogP contribution in [0.1, 0.15) is 0 Å². The Morgan fingerprint density at radius 2 is 0.875 bits per heavy atom. The molecule has 0 bridgehead atoms. The number of benzene rings is 4. The van der Waals surface area contributed by atoms with Crippen LogP contribution in [0.5, 0.6) is 11.5 Å². The minimum Gasteiger partial charge on any atom is -0.497 e. The molecule has 4 aromatic carbocycles. The van der Waals surface area contributed by atoms with Crippen molar-refractivity contribution < 1.29 is 9.47 Å². The topological polar surface area (TPSA) is 18.5 Å². The lowest BCUT2D eigenvalue weighted by Gasteiger charge is -2.13. The van der Waals surface area contributed by atoms with Crippen molar-refractivity contribution in [1.82, 2.24) is 0 Å². The minimum atomic E-state index is 0.863. The lowest BCUT2D eigenvalue weighted by atomic mass is 10.3. The smallest absolute Gasteiger partial charge is 0.120 e. The minimum absolute atomic E-state index is 0.863. The first-order chi connectivity index (χ1) is 15.7. The molecule has 4 rings (SSSR count). The van der Waals surface area contributed by atoms with Crippen molar-refractivity contribution >= 4 is 45.1 Å². The third-order valence-electron chi connectivity index (χ3n) is 4.47. The number of hydrogen-bond donors (Lipinski definition) is 0. The van der Waals surface area contributed by atoms with Gasteiger partial charge in [0.25, 0.3) is 0 Å². The van der Waals surface area contributed by atoms with Gasteiger partial charge in [0, 0.05) is 29.4 Å². The van der Waals surface area contributed by atoms with E-state index >= 15 is 0 Å². The first-order valence-electron chi connectivity index (χ1n) is 9.91. The van der Waals surface area contributed by atoms with Crippen molar-refractivity contribution in [2.75, 3.05) is 14.2 Å². The Bertz CT molecular complexity index is 1060. The molecule has 162 valence electrons. The van der Waals surface area contributed by atoms with Crippen LogP contribution in [0.3, 0.4) is 0 Å². The second kappa shape index (κ2) is 11.7. The van der Waals surface area contributed by atoms with Gasteiger partial charge in [-0.1, -0.05) is 81.5 Å². The van der Waals surface area contributed by atoms with Crippen LogP contribution in [0.15, 0.2) is 126 Å². The van der Waals surface area contributed by atoms with Crippen molar-refractivity contribution in [3.05, 3.63) is 97.1 Å². The highest BCUT2D eigenvalue weighted by atomic mass is 33.1. The van der Waals surface area contributed by atoms with E-state index in [9.17, 15) is 0 Å². The Balaban J connectivity index is 1.58. The molecule has 0 saturated carbocycles. The zero-order valence-electron chi connectivity index (χ0n) is 17.7. The Hall–Kier alpha value is -2.12. The van der Waals surface area contributed by atoms with Gasteiger partial charge < -0.3 is 9.47 Å². The molecule has 0 spiro atoms. The van der Waals surface area contributed by atoms with E-state index in [1.54, 1.807) is 59.3 Å². The maximum absolute atomic E-state index is 5.47. The van der Waals surface area contributed by atoms with E-state index in [1.807, 2.05) is 24.3 Å². The molecule has 4 aromatic rings. The van der Waals surface area contributed by atoms with E-state index in [-0.39, 0.29) is 0 Å². The van der Waals surface area contributed by atoms with Gasteiger partial charge in [-0.2, -0.15) is 0 Å². The van der Waals surface area contributed by atoms with E-state index in [2.05, 4.69) is 72.8 Å². The van der Waals surface area contributed by atoms with Crippen LogP contribution in [-0.4, -0.2) is 14.2 Å². The van der Waals surface area contributed by atoms with E-state index in [4.69, 9.17) is 9.47 Å². The molecule has 0 aromatic heterocycles. The molecule has 0 aliphatic carbocycles. The van der Waals surface area contributed by atoms with E-state index in [1.165, 1.54) is 29.4 Å². The third-order valence-corrected chi connectivity index (χ3v) is 9.34. The SMILES string of the molecule is COc1ccc(SSc2ccc(OC)cc2Sc2ccccc2)c(Sc2ccccc2)c1. The van der Waals surface area contributed by atoms with Gasteiger partial charge in [0.1, 0.15) is 11.5 Å². The summed E-state index contributed by atoms with van der Waals surface area (Å²) in [5.41, 5.74) is 0. The van der Waals surface area contributed by atoms with E-state index in [0.29, 0.717) is 0 Å². The molecule has 0 heterocycles. The Morgan fingerprint density at radius 1 is 0.469 bits per heavy atom. The molecule has 2 nitrogen and oxygen atoms in total. The van der Waals surface area contributed by atoms with Crippen LogP contribution in [0.4, 0.5) is 0 Å². The summed E-state index contributed by atoms with van der Waals surface area (Å²) in [7, 11) is 6.94. The molecule has 0 aliphatic rings. The highest BCUT2D eigenvalue weighted by Crippen LogP contribution is 2.48. The van der Waals surface area contributed by atoms with Crippen molar-refractivity contribution in [2.24, 2.45) is 0 Å². The number of ether oxygens (including phenoxy) is 2. The molecule has 0 radical (unpaired) electrons. The molecule has 0 saturated heterocycles. The van der Waals surface area contributed by atoms with Gasteiger partial charge >= 0.3 is 0 Å². The monoisotopic (exact) mass is 494 g/mol. The van der Waals surface area contributed by atoms with Gasteiger partial charge in [0.05, 0.1) is 14.2 Å². The summed E-state index contributed by atoms with van der Waals surface area (Å²) >= 11 is 3.50. The molecule has 0 amide bonds. The summed E-state index contributed by atoms with van der Waals surface area (Å²) in [4.78, 5) is 7.18. The van der Waals surface area contributed by atoms with Crippen LogP contribution in [-0.2, 0) is 0 Å². The molecular formula is C26H22O2S4. The van der Waals surface area contributed by atoms with Crippen molar-refractivity contribution in [3.8, 4) is 11.5 Å². The number of rotatable bonds is 9. The van der Waals surface area contributed by atoms with Gasteiger partial charge in [-0.3, -0.25) is 0 Å². The van der Waals surface area contributed by atoms with Gasteiger partial charge in [-0.05, 0) is 60.7 Å². The standard InChI is InChI=1S/C26H22O2S4/c1-27-19-13-15-23(25(17-19)29-21-9-5-3-6-10-21)31-32-24-16-14-20(28-2)18-26(24)30-22-11-7-4-8-12-22/h3-18H,1-2H3. The maximum atomic E-state index is 5.47. The summed E-state index contributed by atoms with van der Waals surface area (Å²) in [6.45, 7) is 0.